The van der Waals surface area contributed by atoms with Crippen molar-refractivity contribution in [3.63, 3.8) is 0 Å². The van der Waals surface area contributed by atoms with Crippen molar-refractivity contribution in [1.29, 1.82) is 0 Å². The SMILES string of the molecule is CCOC(=O)Oc1c2c(c(O)c3ccc(C)cc13)C1(C)CCC2C1. The molecule has 2 bridgehead atoms. The number of benzene rings is 2. The van der Waals surface area contributed by atoms with Gasteiger partial charge in [0.1, 0.15) is 11.5 Å². The first-order valence-corrected chi connectivity index (χ1v) is 8.59. The predicted octanol–water partition coefficient (Wildman–Crippen LogP) is 4.93. The van der Waals surface area contributed by atoms with Crippen LogP contribution >= 0.6 is 0 Å². The van der Waals surface area contributed by atoms with Gasteiger partial charge in [0.15, 0.2) is 0 Å². The summed E-state index contributed by atoms with van der Waals surface area (Å²) in [5.41, 5.74) is 3.00. The lowest BCUT2D eigenvalue weighted by Crippen LogP contribution is -2.18. The molecule has 1 fully saturated rings. The number of phenols is 1. The van der Waals surface area contributed by atoms with Crippen LogP contribution in [-0.2, 0) is 10.2 Å². The van der Waals surface area contributed by atoms with Gasteiger partial charge in [0.25, 0.3) is 0 Å². The molecule has 2 aromatic carbocycles. The zero-order valence-corrected chi connectivity index (χ0v) is 14.3. The lowest BCUT2D eigenvalue weighted by Gasteiger charge is -2.27. The zero-order chi connectivity index (χ0) is 17.1. The van der Waals surface area contributed by atoms with Crippen LogP contribution in [0.1, 0.15) is 55.7 Å². The Morgan fingerprint density at radius 2 is 2.17 bits per heavy atom. The lowest BCUT2D eigenvalue weighted by molar-refractivity contribution is 0.104. The van der Waals surface area contributed by atoms with Gasteiger partial charge in [-0.3, -0.25) is 0 Å². The average Bonchev–Trinajstić information content (AvgIpc) is 3.05. The Hall–Kier alpha value is -2.23. The van der Waals surface area contributed by atoms with Crippen molar-refractivity contribution >= 4 is 16.9 Å². The summed E-state index contributed by atoms with van der Waals surface area (Å²) in [7, 11) is 0. The molecule has 1 N–H and O–H groups in total. The third kappa shape index (κ3) is 2.02. The fourth-order valence-electron chi connectivity index (χ4n) is 4.63. The number of phenolic OH excluding ortho intramolecular Hbond substituents is 1. The first-order chi connectivity index (χ1) is 11.4. The largest absolute Gasteiger partial charge is 0.513 e. The molecule has 0 heterocycles. The molecule has 2 aromatic rings. The van der Waals surface area contributed by atoms with Crippen molar-refractivity contribution in [3.8, 4) is 11.5 Å². The first kappa shape index (κ1) is 15.3. The second kappa shape index (κ2) is 5.13. The van der Waals surface area contributed by atoms with Crippen molar-refractivity contribution in [3.05, 3.63) is 34.9 Å². The molecule has 126 valence electrons. The number of carbonyl (C=O) groups excluding carboxylic acids is 1. The van der Waals surface area contributed by atoms with Crippen LogP contribution in [0.5, 0.6) is 11.5 Å². The topological polar surface area (TPSA) is 55.8 Å². The second-order valence-electron chi connectivity index (χ2n) is 7.30. The average molecular weight is 326 g/mol. The quantitative estimate of drug-likeness (QED) is 0.628. The molecule has 24 heavy (non-hydrogen) atoms. The van der Waals surface area contributed by atoms with Gasteiger partial charge < -0.3 is 14.6 Å². The molecule has 2 atom stereocenters. The van der Waals surface area contributed by atoms with Crippen LogP contribution < -0.4 is 4.74 Å². The van der Waals surface area contributed by atoms with E-state index >= 15 is 0 Å². The molecule has 0 aliphatic heterocycles. The van der Waals surface area contributed by atoms with Crippen LogP contribution in [0.2, 0.25) is 0 Å². The minimum absolute atomic E-state index is 0.0318. The number of fused-ring (bicyclic) bond motifs is 6. The van der Waals surface area contributed by atoms with E-state index in [0.29, 0.717) is 17.4 Å². The number of ether oxygens (including phenoxy) is 2. The van der Waals surface area contributed by atoms with Crippen molar-refractivity contribution in [1.82, 2.24) is 0 Å². The summed E-state index contributed by atoms with van der Waals surface area (Å²) in [5, 5.41) is 12.5. The predicted molar refractivity (Wildman–Crippen MR) is 91.9 cm³/mol. The molecule has 0 aromatic heterocycles. The fraction of sp³-hybridized carbons (Fsp3) is 0.450. The molecule has 2 unspecified atom stereocenters. The van der Waals surface area contributed by atoms with E-state index in [4.69, 9.17) is 9.47 Å². The van der Waals surface area contributed by atoms with Crippen molar-refractivity contribution in [2.45, 2.75) is 51.4 Å². The molecule has 0 saturated heterocycles. The molecular formula is C20H22O4. The van der Waals surface area contributed by atoms with Crippen molar-refractivity contribution in [2.75, 3.05) is 6.61 Å². The van der Waals surface area contributed by atoms with E-state index < -0.39 is 6.16 Å². The van der Waals surface area contributed by atoms with Crippen LogP contribution in [-0.4, -0.2) is 17.9 Å². The maximum absolute atomic E-state index is 12.0. The number of carbonyl (C=O) groups is 1. The summed E-state index contributed by atoms with van der Waals surface area (Å²) in [6, 6.07) is 5.85. The van der Waals surface area contributed by atoms with E-state index in [-0.39, 0.29) is 12.0 Å². The molecule has 1 saturated carbocycles. The molecule has 4 heteroatoms. The van der Waals surface area contributed by atoms with E-state index in [1.54, 1.807) is 6.92 Å². The fourth-order valence-corrected chi connectivity index (χ4v) is 4.63. The van der Waals surface area contributed by atoms with Gasteiger partial charge in [-0.15, -0.1) is 0 Å². The molecule has 0 radical (unpaired) electrons. The number of aryl methyl sites for hydroxylation is 1. The van der Waals surface area contributed by atoms with Crippen molar-refractivity contribution < 1.29 is 19.4 Å². The summed E-state index contributed by atoms with van der Waals surface area (Å²) in [6.07, 6.45) is 2.46. The Balaban J connectivity index is 2.02. The Bertz CT molecular complexity index is 855. The number of hydrogen-bond donors (Lipinski definition) is 1. The molecule has 2 aliphatic carbocycles. The standard InChI is InChI=1S/C20H22O4/c1-4-23-19(22)24-18-14-9-11(2)5-6-13(14)17(21)16-15(18)12-7-8-20(16,3)10-12/h5-6,9,12,21H,4,7-8,10H2,1-3H3. The summed E-state index contributed by atoms with van der Waals surface area (Å²) >= 11 is 0. The van der Waals surface area contributed by atoms with Crippen LogP contribution in [0.3, 0.4) is 0 Å². The van der Waals surface area contributed by atoms with Gasteiger partial charge in [-0.05, 0) is 50.5 Å². The van der Waals surface area contributed by atoms with Crippen LogP contribution in [0.15, 0.2) is 18.2 Å². The summed E-state index contributed by atoms with van der Waals surface area (Å²) < 4.78 is 10.6. The highest BCUT2D eigenvalue weighted by atomic mass is 16.7. The first-order valence-electron chi connectivity index (χ1n) is 8.59. The normalized spacial score (nSPS) is 24.2. The zero-order valence-electron chi connectivity index (χ0n) is 14.3. The molecule has 0 amide bonds. The molecule has 0 spiro atoms. The Kier molecular flexibility index (Phi) is 3.27. The highest BCUT2D eigenvalue weighted by molar-refractivity contribution is 5.98. The second-order valence-corrected chi connectivity index (χ2v) is 7.30. The summed E-state index contributed by atoms with van der Waals surface area (Å²) in [5.74, 6) is 1.26. The highest BCUT2D eigenvalue weighted by Crippen LogP contribution is 2.63. The van der Waals surface area contributed by atoms with Crippen LogP contribution in [0.4, 0.5) is 4.79 Å². The monoisotopic (exact) mass is 326 g/mol. The summed E-state index contributed by atoms with van der Waals surface area (Å²) in [4.78, 5) is 12.0. The van der Waals surface area contributed by atoms with E-state index in [9.17, 15) is 9.90 Å². The Morgan fingerprint density at radius 3 is 2.92 bits per heavy atom. The summed E-state index contributed by atoms with van der Waals surface area (Å²) in [6.45, 7) is 6.23. The lowest BCUT2D eigenvalue weighted by atomic mass is 9.78. The van der Waals surface area contributed by atoms with E-state index in [1.807, 2.05) is 25.1 Å². The molecule has 4 rings (SSSR count). The van der Waals surface area contributed by atoms with E-state index in [1.165, 1.54) is 0 Å². The Labute approximate surface area is 141 Å². The van der Waals surface area contributed by atoms with Gasteiger partial charge in [0, 0.05) is 21.9 Å². The van der Waals surface area contributed by atoms with Gasteiger partial charge >= 0.3 is 6.16 Å². The van der Waals surface area contributed by atoms with Crippen LogP contribution in [0, 0.1) is 6.92 Å². The van der Waals surface area contributed by atoms with Gasteiger partial charge in [-0.25, -0.2) is 4.79 Å². The number of aromatic hydroxyl groups is 1. The van der Waals surface area contributed by atoms with Gasteiger partial charge in [-0.1, -0.05) is 24.6 Å². The highest BCUT2D eigenvalue weighted by Gasteiger charge is 2.50. The number of hydrogen-bond acceptors (Lipinski definition) is 4. The van der Waals surface area contributed by atoms with E-state index in [0.717, 1.165) is 46.7 Å². The van der Waals surface area contributed by atoms with Gasteiger partial charge in [0.05, 0.1) is 6.61 Å². The smallest absolute Gasteiger partial charge is 0.507 e. The van der Waals surface area contributed by atoms with Gasteiger partial charge in [-0.2, -0.15) is 0 Å². The maximum atomic E-state index is 12.0. The number of rotatable bonds is 2. The minimum Gasteiger partial charge on any atom is -0.507 e. The third-order valence-corrected chi connectivity index (χ3v) is 5.63. The minimum atomic E-state index is -0.680. The molecule has 2 aliphatic rings. The maximum Gasteiger partial charge on any atom is 0.513 e. The molecular weight excluding hydrogens is 304 g/mol. The Morgan fingerprint density at radius 1 is 1.38 bits per heavy atom. The third-order valence-electron chi connectivity index (χ3n) is 5.63. The van der Waals surface area contributed by atoms with Gasteiger partial charge in [0.2, 0.25) is 0 Å². The molecule has 4 nitrogen and oxygen atoms in total. The van der Waals surface area contributed by atoms with E-state index in [2.05, 4.69) is 6.92 Å². The van der Waals surface area contributed by atoms with Crippen molar-refractivity contribution in [2.24, 2.45) is 0 Å². The van der Waals surface area contributed by atoms with Crippen LogP contribution in [0.25, 0.3) is 10.8 Å².